The minimum absolute atomic E-state index is 0.561. The van der Waals surface area contributed by atoms with E-state index in [4.69, 9.17) is 0 Å². The van der Waals surface area contributed by atoms with Gasteiger partial charge in [0.2, 0.25) is 0 Å². The molecule has 0 bridgehead atoms. The molecule has 0 amide bonds. The van der Waals surface area contributed by atoms with Crippen LogP contribution in [-0.2, 0) is 0 Å². The molecule has 2 heteroatoms. The maximum Gasteiger partial charge on any atom is 0.0134 e. The number of nitrogens with zero attached hydrogens (tertiary/aromatic N) is 1. The van der Waals surface area contributed by atoms with E-state index < -0.39 is 0 Å². The summed E-state index contributed by atoms with van der Waals surface area (Å²) in [7, 11) is 2.24. The van der Waals surface area contributed by atoms with Crippen molar-refractivity contribution in [3.05, 3.63) is 0 Å². The van der Waals surface area contributed by atoms with E-state index in [1.165, 1.54) is 38.9 Å². The Kier molecular flexibility index (Phi) is 2.13. The lowest BCUT2D eigenvalue weighted by molar-refractivity contribution is 0.235. The van der Waals surface area contributed by atoms with Gasteiger partial charge in [0, 0.05) is 12.6 Å². The van der Waals surface area contributed by atoms with E-state index in [-0.39, 0.29) is 0 Å². The zero-order chi connectivity index (χ0) is 8.60. The maximum absolute atomic E-state index is 3.63. The Morgan fingerprint density at radius 3 is 2.83 bits per heavy atom. The van der Waals surface area contributed by atoms with E-state index in [0.29, 0.717) is 5.41 Å². The Morgan fingerprint density at radius 1 is 1.50 bits per heavy atom. The highest BCUT2D eigenvalue weighted by molar-refractivity contribution is 4.96. The van der Waals surface area contributed by atoms with Crippen molar-refractivity contribution >= 4 is 0 Å². The first-order chi connectivity index (χ1) is 5.71. The highest BCUT2D eigenvalue weighted by Gasteiger charge is 2.40. The molecule has 2 unspecified atom stereocenters. The average molecular weight is 168 g/mol. The maximum atomic E-state index is 3.63. The smallest absolute Gasteiger partial charge is 0.0134 e. The zero-order valence-electron chi connectivity index (χ0n) is 8.27. The van der Waals surface area contributed by atoms with Gasteiger partial charge in [0.15, 0.2) is 0 Å². The molecule has 0 spiro atoms. The van der Waals surface area contributed by atoms with Crippen LogP contribution in [0, 0.1) is 5.41 Å². The van der Waals surface area contributed by atoms with Crippen molar-refractivity contribution < 1.29 is 0 Å². The van der Waals surface area contributed by atoms with Gasteiger partial charge in [-0.3, -0.25) is 0 Å². The molecule has 1 N–H and O–H groups in total. The molecule has 2 saturated heterocycles. The third-order valence-corrected chi connectivity index (χ3v) is 3.60. The molecule has 2 atom stereocenters. The fourth-order valence-electron chi connectivity index (χ4n) is 2.78. The molecule has 2 rings (SSSR count). The first kappa shape index (κ1) is 8.52. The van der Waals surface area contributed by atoms with E-state index >= 15 is 0 Å². The van der Waals surface area contributed by atoms with Crippen molar-refractivity contribution in [2.45, 2.75) is 32.2 Å². The van der Waals surface area contributed by atoms with E-state index in [1.54, 1.807) is 0 Å². The topological polar surface area (TPSA) is 15.3 Å². The molecule has 0 radical (unpaired) electrons. The van der Waals surface area contributed by atoms with Crippen molar-refractivity contribution in [3.63, 3.8) is 0 Å². The summed E-state index contributed by atoms with van der Waals surface area (Å²) in [5.74, 6) is 0. The van der Waals surface area contributed by atoms with Crippen LogP contribution in [0.15, 0.2) is 0 Å². The third-order valence-electron chi connectivity index (χ3n) is 3.60. The van der Waals surface area contributed by atoms with Crippen LogP contribution in [0.1, 0.15) is 26.2 Å². The van der Waals surface area contributed by atoms with Crippen LogP contribution in [0.3, 0.4) is 0 Å². The third kappa shape index (κ3) is 1.38. The summed E-state index contributed by atoms with van der Waals surface area (Å²) >= 11 is 0. The standard InChI is InChI=1S/C10H20N2/c1-10(5-7-12(2)8-10)9-4-3-6-11-9/h9,11H,3-8H2,1-2H3. The van der Waals surface area contributed by atoms with Crippen molar-refractivity contribution in [1.29, 1.82) is 0 Å². The summed E-state index contributed by atoms with van der Waals surface area (Å²) in [6.07, 6.45) is 4.15. The summed E-state index contributed by atoms with van der Waals surface area (Å²) in [5, 5.41) is 3.63. The van der Waals surface area contributed by atoms with Crippen LogP contribution in [0.25, 0.3) is 0 Å². The molecule has 0 aromatic heterocycles. The highest BCUT2D eigenvalue weighted by Crippen LogP contribution is 2.36. The second-order valence-corrected chi connectivity index (χ2v) is 4.79. The van der Waals surface area contributed by atoms with Gasteiger partial charge < -0.3 is 10.2 Å². The first-order valence-corrected chi connectivity index (χ1v) is 5.13. The first-order valence-electron chi connectivity index (χ1n) is 5.13. The van der Waals surface area contributed by atoms with E-state index in [9.17, 15) is 0 Å². The van der Waals surface area contributed by atoms with E-state index in [1.807, 2.05) is 0 Å². The number of likely N-dealkylation sites (tertiary alicyclic amines) is 1. The Bertz CT molecular complexity index is 163. The predicted octanol–water partition coefficient (Wildman–Crippen LogP) is 1.08. The molecule has 0 aromatic rings. The van der Waals surface area contributed by atoms with Crippen molar-refractivity contribution in [2.75, 3.05) is 26.7 Å². The van der Waals surface area contributed by atoms with Gasteiger partial charge in [-0.25, -0.2) is 0 Å². The monoisotopic (exact) mass is 168 g/mol. The summed E-state index contributed by atoms with van der Waals surface area (Å²) in [4.78, 5) is 2.46. The Labute approximate surface area is 75.3 Å². The molecule has 12 heavy (non-hydrogen) atoms. The molecular formula is C10H20N2. The van der Waals surface area contributed by atoms with Gasteiger partial charge in [0.25, 0.3) is 0 Å². The lowest BCUT2D eigenvalue weighted by atomic mass is 9.81. The molecule has 2 heterocycles. The molecule has 0 aliphatic carbocycles. The summed E-state index contributed by atoms with van der Waals surface area (Å²) in [6.45, 7) is 6.25. The molecule has 2 aliphatic heterocycles. The number of hydrogen-bond donors (Lipinski definition) is 1. The van der Waals surface area contributed by atoms with Crippen LogP contribution in [0.4, 0.5) is 0 Å². The van der Waals surface area contributed by atoms with E-state index in [2.05, 4.69) is 24.2 Å². The van der Waals surface area contributed by atoms with Crippen LogP contribution in [0.5, 0.6) is 0 Å². The van der Waals surface area contributed by atoms with Crippen molar-refractivity contribution in [1.82, 2.24) is 10.2 Å². The Morgan fingerprint density at radius 2 is 2.33 bits per heavy atom. The highest BCUT2D eigenvalue weighted by atomic mass is 15.1. The lowest BCUT2D eigenvalue weighted by Gasteiger charge is -2.31. The predicted molar refractivity (Wildman–Crippen MR) is 51.2 cm³/mol. The largest absolute Gasteiger partial charge is 0.313 e. The SMILES string of the molecule is CN1CCC(C)(C2CCCN2)C1. The zero-order valence-corrected chi connectivity index (χ0v) is 8.27. The van der Waals surface area contributed by atoms with Gasteiger partial charge in [-0.05, 0) is 44.8 Å². The Balaban J connectivity index is 2.00. The molecule has 0 aromatic carbocycles. The quantitative estimate of drug-likeness (QED) is 0.630. The van der Waals surface area contributed by atoms with Gasteiger partial charge in [-0.15, -0.1) is 0 Å². The number of rotatable bonds is 1. The van der Waals surface area contributed by atoms with Crippen LogP contribution in [-0.4, -0.2) is 37.6 Å². The molecule has 2 aliphatic rings. The van der Waals surface area contributed by atoms with Crippen LogP contribution >= 0.6 is 0 Å². The second kappa shape index (κ2) is 3.00. The van der Waals surface area contributed by atoms with Gasteiger partial charge in [-0.1, -0.05) is 6.92 Å². The van der Waals surface area contributed by atoms with Gasteiger partial charge in [-0.2, -0.15) is 0 Å². The van der Waals surface area contributed by atoms with Crippen LogP contribution in [0.2, 0.25) is 0 Å². The van der Waals surface area contributed by atoms with E-state index in [0.717, 1.165) is 6.04 Å². The molecule has 2 fully saturated rings. The minimum Gasteiger partial charge on any atom is -0.313 e. The van der Waals surface area contributed by atoms with Crippen molar-refractivity contribution in [2.24, 2.45) is 5.41 Å². The summed E-state index contributed by atoms with van der Waals surface area (Å²) in [6, 6.07) is 0.794. The lowest BCUT2D eigenvalue weighted by Crippen LogP contribution is -2.41. The van der Waals surface area contributed by atoms with Crippen LogP contribution < -0.4 is 5.32 Å². The average Bonchev–Trinajstić information content (AvgIpc) is 2.59. The number of nitrogens with one attached hydrogen (secondary N) is 1. The van der Waals surface area contributed by atoms with Gasteiger partial charge in [0.1, 0.15) is 0 Å². The minimum atomic E-state index is 0.561. The molecular weight excluding hydrogens is 148 g/mol. The fourth-order valence-corrected chi connectivity index (χ4v) is 2.78. The van der Waals surface area contributed by atoms with Gasteiger partial charge in [0.05, 0.1) is 0 Å². The fraction of sp³-hybridized carbons (Fsp3) is 1.00. The van der Waals surface area contributed by atoms with Crippen molar-refractivity contribution in [3.8, 4) is 0 Å². The molecule has 0 saturated carbocycles. The van der Waals surface area contributed by atoms with Gasteiger partial charge >= 0.3 is 0 Å². The number of hydrogen-bond acceptors (Lipinski definition) is 2. The molecule has 2 nitrogen and oxygen atoms in total. The summed E-state index contributed by atoms with van der Waals surface area (Å²) < 4.78 is 0. The Hall–Kier alpha value is -0.0800. The molecule has 70 valence electrons. The summed E-state index contributed by atoms with van der Waals surface area (Å²) in [5.41, 5.74) is 0.561. The normalized spacial score (nSPS) is 44.0. The second-order valence-electron chi connectivity index (χ2n) is 4.79.